The maximum atomic E-state index is 12.8. The van der Waals surface area contributed by atoms with Crippen LogP contribution in [-0.4, -0.2) is 58.9 Å². The van der Waals surface area contributed by atoms with Crippen LogP contribution in [0, 0.1) is 5.92 Å². The summed E-state index contributed by atoms with van der Waals surface area (Å²) in [6.07, 6.45) is 4.17. The average molecular weight is 434 g/mol. The number of sulfonamides is 1. The monoisotopic (exact) mass is 433 g/mol. The summed E-state index contributed by atoms with van der Waals surface area (Å²) in [4.78, 5) is 25.3. The van der Waals surface area contributed by atoms with Gasteiger partial charge in [0.1, 0.15) is 0 Å². The zero-order valence-corrected chi connectivity index (χ0v) is 17.8. The molecule has 0 unspecified atom stereocenters. The van der Waals surface area contributed by atoms with E-state index in [2.05, 4.69) is 10.4 Å². The first-order chi connectivity index (χ1) is 14.3. The van der Waals surface area contributed by atoms with Gasteiger partial charge in [-0.05, 0) is 25.7 Å². The van der Waals surface area contributed by atoms with Crippen molar-refractivity contribution in [1.29, 1.82) is 0 Å². The van der Waals surface area contributed by atoms with Crippen molar-refractivity contribution in [3.8, 4) is 11.4 Å². The van der Waals surface area contributed by atoms with Gasteiger partial charge in [0.25, 0.3) is 0 Å². The van der Waals surface area contributed by atoms with E-state index in [1.54, 1.807) is 4.57 Å². The highest BCUT2D eigenvalue weighted by atomic mass is 32.2. The first-order valence-corrected chi connectivity index (χ1v) is 12.2. The lowest BCUT2D eigenvalue weighted by molar-refractivity contribution is -0.126. The lowest BCUT2D eigenvalue weighted by Crippen LogP contribution is -2.43. The van der Waals surface area contributed by atoms with Crippen molar-refractivity contribution >= 4 is 15.9 Å². The Bertz CT molecular complexity index is 1060. The molecule has 1 aromatic carbocycles. The minimum Gasteiger partial charge on any atom is -0.354 e. The van der Waals surface area contributed by atoms with Crippen LogP contribution < -0.4 is 11.0 Å². The van der Waals surface area contributed by atoms with Crippen LogP contribution in [-0.2, 0) is 21.4 Å². The van der Waals surface area contributed by atoms with Crippen LogP contribution in [0.25, 0.3) is 11.4 Å². The number of nitrogens with zero attached hydrogens (tertiary/aromatic N) is 4. The molecule has 162 valence electrons. The number of amides is 1. The maximum Gasteiger partial charge on any atom is 0.346 e. The molecular weight excluding hydrogens is 406 g/mol. The van der Waals surface area contributed by atoms with E-state index in [-0.39, 0.29) is 23.6 Å². The molecule has 30 heavy (non-hydrogen) atoms. The predicted octanol–water partition coefficient (Wildman–Crippen LogP) is 0.835. The zero-order chi connectivity index (χ0) is 21.3. The van der Waals surface area contributed by atoms with Crippen LogP contribution in [0.5, 0.6) is 0 Å². The summed E-state index contributed by atoms with van der Waals surface area (Å²) in [5.74, 6) is 0.368. The van der Waals surface area contributed by atoms with Crippen molar-refractivity contribution in [1.82, 2.24) is 24.0 Å². The highest BCUT2D eigenvalue weighted by Gasteiger charge is 2.31. The summed E-state index contributed by atoms with van der Waals surface area (Å²) in [6.45, 7) is 1.33. The molecule has 10 heteroatoms. The molecule has 0 spiro atoms. The quantitative estimate of drug-likeness (QED) is 0.696. The minimum absolute atomic E-state index is 0.0962. The highest BCUT2D eigenvalue weighted by Crippen LogP contribution is 2.36. The number of benzene rings is 1. The van der Waals surface area contributed by atoms with E-state index in [1.165, 1.54) is 15.2 Å². The molecule has 1 aromatic heterocycles. The van der Waals surface area contributed by atoms with Gasteiger partial charge in [0.2, 0.25) is 15.9 Å². The first-order valence-electron chi connectivity index (χ1n) is 10.3. The first kappa shape index (κ1) is 20.8. The maximum absolute atomic E-state index is 12.8. The van der Waals surface area contributed by atoms with E-state index in [1.807, 2.05) is 30.3 Å². The Kier molecular flexibility index (Phi) is 5.79. The molecule has 2 fully saturated rings. The Hall–Kier alpha value is -2.46. The summed E-state index contributed by atoms with van der Waals surface area (Å²) in [5.41, 5.74) is 0.758. The van der Waals surface area contributed by atoms with Gasteiger partial charge in [-0.25, -0.2) is 22.2 Å². The van der Waals surface area contributed by atoms with E-state index < -0.39 is 10.0 Å². The molecule has 2 heterocycles. The number of hydrogen-bond acceptors (Lipinski definition) is 5. The van der Waals surface area contributed by atoms with Crippen molar-refractivity contribution in [3.05, 3.63) is 40.8 Å². The standard InChI is InChI=1S/C20H27N5O4S/c1-30(28,29)23-12-9-16(10-13-23)19(26)21-11-14-24-20(27)25(17-7-8-17)18(22-24)15-5-3-2-4-6-15/h2-6,16-17H,7-14H2,1H3,(H,21,26). The highest BCUT2D eigenvalue weighted by molar-refractivity contribution is 7.88. The van der Waals surface area contributed by atoms with Crippen molar-refractivity contribution < 1.29 is 13.2 Å². The summed E-state index contributed by atoms with van der Waals surface area (Å²) in [5, 5.41) is 7.41. The molecule has 1 saturated heterocycles. The molecule has 1 saturated carbocycles. The van der Waals surface area contributed by atoms with Crippen LogP contribution in [0.3, 0.4) is 0 Å². The van der Waals surface area contributed by atoms with Gasteiger partial charge < -0.3 is 5.32 Å². The molecule has 0 atom stereocenters. The number of nitrogens with one attached hydrogen (secondary N) is 1. The predicted molar refractivity (Wildman–Crippen MR) is 112 cm³/mol. The average Bonchev–Trinajstić information content (AvgIpc) is 3.52. The van der Waals surface area contributed by atoms with Gasteiger partial charge >= 0.3 is 5.69 Å². The van der Waals surface area contributed by atoms with E-state index in [4.69, 9.17) is 0 Å². The number of aromatic nitrogens is 3. The molecule has 1 aliphatic carbocycles. The van der Waals surface area contributed by atoms with Crippen molar-refractivity contribution in [2.45, 2.75) is 38.3 Å². The third kappa shape index (κ3) is 4.49. The van der Waals surface area contributed by atoms with Crippen LogP contribution in [0.15, 0.2) is 35.1 Å². The number of piperidine rings is 1. The molecule has 1 amide bonds. The summed E-state index contributed by atoms with van der Waals surface area (Å²) < 4.78 is 27.8. The lowest BCUT2D eigenvalue weighted by atomic mass is 9.97. The Morgan fingerprint density at radius 3 is 2.40 bits per heavy atom. The molecule has 4 rings (SSSR count). The van der Waals surface area contributed by atoms with Crippen LogP contribution >= 0.6 is 0 Å². The third-order valence-corrected chi connectivity index (χ3v) is 7.03. The molecule has 9 nitrogen and oxygen atoms in total. The molecule has 0 bridgehead atoms. The van der Waals surface area contributed by atoms with E-state index in [9.17, 15) is 18.0 Å². The van der Waals surface area contributed by atoms with Gasteiger partial charge in [-0.3, -0.25) is 9.36 Å². The molecular formula is C20H27N5O4S. The molecule has 1 N–H and O–H groups in total. The largest absolute Gasteiger partial charge is 0.354 e. The molecule has 2 aliphatic rings. The molecule has 0 radical (unpaired) electrons. The van der Waals surface area contributed by atoms with Crippen molar-refractivity contribution in [2.24, 2.45) is 5.92 Å². The molecule has 2 aromatic rings. The van der Waals surface area contributed by atoms with Crippen LogP contribution in [0.1, 0.15) is 31.7 Å². The number of rotatable bonds is 7. The second-order valence-electron chi connectivity index (χ2n) is 8.02. The Balaban J connectivity index is 1.37. The van der Waals surface area contributed by atoms with E-state index >= 15 is 0 Å². The van der Waals surface area contributed by atoms with Gasteiger partial charge in [-0.15, -0.1) is 5.10 Å². The zero-order valence-electron chi connectivity index (χ0n) is 17.0. The van der Waals surface area contributed by atoms with Crippen molar-refractivity contribution in [2.75, 3.05) is 25.9 Å². The fraction of sp³-hybridized carbons (Fsp3) is 0.550. The summed E-state index contributed by atoms with van der Waals surface area (Å²) in [6, 6.07) is 9.86. The fourth-order valence-corrected chi connectivity index (χ4v) is 4.76. The van der Waals surface area contributed by atoms with Crippen molar-refractivity contribution in [3.63, 3.8) is 0 Å². The summed E-state index contributed by atoms with van der Waals surface area (Å²) in [7, 11) is -3.21. The fourth-order valence-electron chi connectivity index (χ4n) is 3.89. The van der Waals surface area contributed by atoms with Gasteiger partial charge in [-0.2, -0.15) is 0 Å². The number of carbonyl (C=O) groups excluding carboxylic acids is 1. The van der Waals surface area contributed by atoms with Gasteiger partial charge in [-0.1, -0.05) is 30.3 Å². The summed E-state index contributed by atoms with van der Waals surface area (Å²) >= 11 is 0. The third-order valence-electron chi connectivity index (χ3n) is 5.73. The van der Waals surface area contributed by atoms with E-state index in [0.29, 0.717) is 44.8 Å². The lowest BCUT2D eigenvalue weighted by Gasteiger charge is -2.29. The Labute approximate surface area is 175 Å². The second kappa shape index (κ2) is 8.35. The van der Waals surface area contributed by atoms with Gasteiger partial charge in [0, 0.05) is 37.2 Å². The molecule has 1 aliphatic heterocycles. The minimum atomic E-state index is -3.21. The number of hydrogen-bond donors (Lipinski definition) is 1. The van der Waals surface area contributed by atoms with Gasteiger partial charge in [0.05, 0.1) is 12.8 Å². The SMILES string of the molecule is CS(=O)(=O)N1CCC(C(=O)NCCn2nc(-c3ccccc3)n(C3CC3)c2=O)CC1. The normalized spacial score (nSPS) is 18.4. The van der Waals surface area contributed by atoms with Crippen LogP contribution in [0.4, 0.5) is 0 Å². The Morgan fingerprint density at radius 1 is 1.13 bits per heavy atom. The van der Waals surface area contributed by atoms with Crippen LogP contribution in [0.2, 0.25) is 0 Å². The van der Waals surface area contributed by atoms with E-state index in [0.717, 1.165) is 18.4 Å². The smallest absolute Gasteiger partial charge is 0.346 e. The second-order valence-corrected chi connectivity index (χ2v) is 10.0. The topological polar surface area (TPSA) is 106 Å². The number of carbonyl (C=O) groups is 1. The Morgan fingerprint density at radius 2 is 1.80 bits per heavy atom. The van der Waals surface area contributed by atoms with Gasteiger partial charge in [0.15, 0.2) is 5.82 Å².